The van der Waals surface area contributed by atoms with Crippen LogP contribution in [0.15, 0.2) is 11.0 Å². The lowest BCUT2D eigenvalue weighted by atomic mass is 9.73. The summed E-state index contributed by atoms with van der Waals surface area (Å²) < 4.78 is 12.7. The van der Waals surface area contributed by atoms with Gasteiger partial charge in [0.2, 0.25) is 0 Å². The number of carbonyl (C=O) groups is 2. The van der Waals surface area contributed by atoms with Crippen molar-refractivity contribution in [3.63, 3.8) is 0 Å². The quantitative estimate of drug-likeness (QED) is 0.242. The number of thiazole rings is 1. The monoisotopic (exact) mass is 510 g/mol. The number of nitrogens with zero attached hydrogens (tertiary/aromatic N) is 1. The van der Waals surface area contributed by atoms with E-state index in [9.17, 15) is 25.0 Å². The van der Waals surface area contributed by atoms with Crippen molar-refractivity contribution in [2.75, 3.05) is 0 Å². The summed E-state index contributed by atoms with van der Waals surface area (Å²) in [6.45, 7) is 10.5. The molecule has 8 nitrogen and oxygen atoms in total. The highest BCUT2D eigenvalue weighted by atomic mass is 32.1. The first-order valence-electron chi connectivity index (χ1n) is 12.5. The maximum Gasteiger partial charge on any atom is 0.309 e. The first-order chi connectivity index (χ1) is 16.3. The van der Waals surface area contributed by atoms with E-state index in [4.69, 9.17) is 9.47 Å². The number of aliphatic hydroxyl groups is 2. The summed E-state index contributed by atoms with van der Waals surface area (Å²) in [6, 6.07) is 0. The number of fused-ring (bicyclic) bond motifs is 1. The summed E-state index contributed by atoms with van der Waals surface area (Å²) in [7, 11) is 0. The highest BCUT2D eigenvalue weighted by Gasteiger charge is 2.44. The van der Waals surface area contributed by atoms with Gasteiger partial charge in [0.15, 0.2) is 0 Å². The van der Waals surface area contributed by atoms with Crippen LogP contribution >= 0.6 is 11.3 Å². The Hall–Kier alpha value is -1.81. The fourth-order valence-corrected chi connectivity index (χ4v) is 5.52. The predicted octanol–water partition coefficient (Wildman–Crippen LogP) is 3.22. The summed E-state index contributed by atoms with van der Waals surface area (Å²) in [6.07, 6.45) is 1.72. The second-order valence-electron chi connectivity index (χ2n) is 10.8. The van der Waals surface area contributed by atoms with Crippen molar-refractivity contribution < 1.29 is 39.2 Å². The molecule has 0 saturated carbocycles. The van der Waals surface area contributed by atoms with Gasteiger partial charge in [-0.15, -0.1) is 0 Å². The van der Waals surface area contributed by atoms with Crippen LogP contribution in [0.3, 0.4) is 0 Å². The third-order valence-corrected chi connectivity index (χ3v) is 8.54. The van der Waals surface area contributed by atoms with Gasteiger partial charge in [-0.3, -0.25) is 14.8 Å². The van der Waals surface area contributed by atoms with Gasteiger partial charge in [0.25, 0.3) is 10.7 Å². The fourth-order valence-electron chi connectivity index (χ4n) is 4.86. The number of ether oxygens (including phenoxy) is 2. The Balaban J connectivity index is 1.84. The first-order valence-corrected chi connectivity index (χ1v) is 13.3. The number of aryl methyl sites for hydroxylation is 1. The molecule has 9 heteroatoms. The van der Waals surface area contributed by atoms with Crippen molar-refractivity contribution >= 4 is 29.2 Å². The fraction of sp³-hybridized carbons (Fsp3) is 0.731. The first kappa shape index (κ1) is 27.8. The zero-order valence-electron chi connectivity index (χ0n) is 21.6. The normalized spacial score (nSPS) is 35.3. The topological polar surface area (TPSA) is 120 Å². The molecule has 2 saturated heterocycles. The van der Waals surface area contributed by atoms with Crippen molar-refractivity contribution in [1.82, 2.24) is 0 Å². The summed E-state index contributed by atoms with van der Waals surface area (Å²) in [5.74, 6) is -1.63. The van der Waals surface area contributed by atoms with Crippen molar-refractivity contribution in [3.05, 3.63) is 21.7 Å². The summed E-state index contributed by atoms with van der Waals surface area (Å²) in [5.41, 5.74) is 0.122. The highest BCUT2D eigenvalue weighted by molar-refractivity contribution is 7.09. The smallest absolute Gasteiger partial charge is 0.309 e. The molecule has 3 rings (SSSR count). The molecule has 0 aliphatic carbocycles. The molecule has 0 unspecified atom stereocenters. The molecule has 0 bridgehead atoms. The third-order valence-electron chi connectivity index (χ3n) is 7.67. The van der Waals surface area contributed by atoms with Crippen LogP contribution in [0.4, 0.5) is 0 Å². The second kappa shape index (κ2) is 11.1. The molecule has 0 spiro atoms. The van der Waals surface area contributed by atoms with Crippen LogP contribution in [0.5, 0.6) is 0 Å². The van der Waals surface area contributed by atoms with Crippen LogP contribution in [-0.4, -0.2) is 57.7 Å². The minimum atomic E-state index is -1.26. The average molecular weight is 511 g/mol. The molecule has 2 fully saturated rings. The van der Waals surface area contributed by atoms with E-state index in [0.29, 0.717) is 12.1 Å². The SMILES string of the molecule is CC(=Cc1csc(C)[n+]1O)[C@@H]1C[C@@H]2O[C@@H]2CCC[C@H](C)[C@H](O)[C@@H](C)C(=O)C(C)(C)[C@@H](O)CC(=O)O1. The molecular weight excluding hydrogens is 470 g/mol. The van der Waals surface area contributed by atoms with Gasteiger partial charge in [-0.2, -0.15) is 0 Å². The number of epoxide rings is 1. The van der Waals surface area contributed by atoms with Gasteiger partial charge >= 0.3 is 5.97 Å². The molecule has 2 aliphatic heterocycles. The molecule has 35 heavy (non-hydrogen) atoms. The number of hydrogen-bond acceptors (Lipinski definition) is 8. The van der Waals surface area contributed by atoms with Gasteiger partial charge in [0, 0.05) is 30.1 Å². The van der Waals surface area contributed by atoms with E-state index < -0.39 is 35.6 Å². The number of aliphatic hydroxyl groups excluding tert-OH is 2. The Morgan fingerprint density at radius 3 is 2.51 bits per heavy atom. The minimum absolute atomic E-state index is 0.0448. The molecule has 1 aromatic heterocycles. The van der Waals surface area contributed by atoms with E-state index in [2.05, 4.69) is 0 Å². The molecule has 0 amide bonds. The lowest BCUT2D eigenvalue weighted by Crippen LogP contribution is -2.45. The number of esters is 1. The summed E-state index contributed by atoms with van der Waals surface area (Å²) in [4.78, 5) is 26.0. The van der Waals surface area contributed by atoms with E-state index in [1.54, 1.807) is 33.8 Å². The molecule has 1 aromatic rings. The van der Waals surface area contributed by atoms with Crippen molar-refractivity contribution in [2.45, 2.75) is 104 Å². The molecule has 3 heterocycles. The number of hydrogen-bond donors (Lipinski definition) is 3. The number of Topliss-reactive ketones (excluding diaryl/α,β-unsaturated/α-hetero) is 1. The van der Waals surface area contributed by atoms with Gasteiger partial charge in [-0.1, -0.05) is 45.5 Å². The van der Waals surface area contributed by atoms with E-state index in [1.807, 2.05) is 19.2 Å². The number of cyclic esters (lactones) is 1. The van der Waals surface area contributed by atoms with E-state index >= 15 is 0 Å². The third kappa shape index (κ3) is 6.50. The standard InChI is InChI=1S/C26H40NO7S/c1-14-8-7-9-19-21(33-19)11-20(15(2)10-18-13-35-17(4)27(18)32)34-23(29)12-22(28)26(5,6)25(31)16(3)24(14)30/h10,13-14,16,19-22,24,28,30,32H,7-9,11-12H2,1-6H3/q+1/t14-,16+,19+,20-,21-,22-,24-/m0/s1. The number of ketones is 1. The maximum atomic E-state index is 13.2. The Bertz CT molecular complexity index is 955. The number of carbonyl (C=O) groups excluding carboxylic acids is 2. The Labute approximate surface area is 211 Å². The highest BCUT2D eigenvalue weighted by Crippen LogP contribution is 2.36. The van der Waals surface area contributed by atoms with Gasteiger partial charge in [-0.05, 0) is 31.3 Å². The van der Waals surface area contributed by atoms with Gasteiger partial charge in [-0.25, -0.2) is 0 Å². The Morgan fingerprint density at radius 1 is 1.20 bits per heavy atom. The lowest BCUT2D eigenvalue weighted by molar-refractivity contribution is -0.906. The van der Waals surface area contributed by atoms with Gasteiger partial charge in [0.1, 0.15) is 11.9 Å². The molecule has 0 radical (unpaired) electrons. The van der Waals surface area contributed by atoms with Crippen molar-refractivity contribution in [1.29, 1.82) is 0 Å². The molecular formula is C26H40NO7S+. The molecule has 2 aliphatic rings. The molecule has 0 aromatic carbocycles. The van der Waals surface area contributed by atoms with Crippen LogP contribution < -0.4 is 4.73 Å². The van der Waals surface area contributed by atoms with Crippen molar-refractivity contribution in [3.8, 4) is 0 Å². The zero-order chi connectivity index (χ0) is 26.1. The predicted molar refractivity (Wildman–Crippen MR) is 131 cm³/mol. The molecule has 7 atom stereocenters. The van der Waals surface area contributed by atoms with Crippen LogP contribution in [0.1, 0.15) is 77.4 Å². The maximum absolute atomic E-state index is 13.2. The van der Waals surface area contributed by atoms with E-state index in [0.717, 1.165) is 34.6 Å². The second-order valence-corrected chi connectivity index (χ2v) is 11.9. The van der Waals surface area contributed by atoms with Gasteiger partial charge < -0.3 is 19.7 Å². The molecule has 3 N–H and O–H groups in total. The number of rotatable bonds is 2. The zero-order valence-corrected chi connectivity index (χ0v) is 22.4. The molecule has 196 valence electrons. The minimum Gasteiger partial charge on any atom is -0.458 e. The van der Waals surface area contributed by atoms with Gasteiger partial charge in [0.05, 0.1) is 41.6 Å². The summed E-state index contributed by atoms with van der Waals surface area (Å²) in [5, 5.41) is 34.4. The van der Waals surface area contributed by atoms with Crippen LogP contribution in [0.2, 0.25) is 0 Å². The summed E-state index contributed by atoms with van der Waals surface area (Å²) >= 11 is 1.41. The van der Waals surface area contributed by atoms with E-state index in [1.165, 1.54) is 11.3 Å². The van der Waals surface area contributed by atoms with Crippen LogP contribution in [0.25, 0.3) is 6.08 Å². The lowest BCUT2D eigenvalue weighted by Gasteiger charge is -2.34. The van der Waals surface area contributed by atoms with Crippen LogP contribution in [0, 0.1) is 24.2 Å². The van der Waals surface area contributed by atoms with Crippen molar-refractivity contribution in [2.24, 2.45) is 17.3 Å². The Kier molecular flexibility index (Phi) is 8.78. The van der Waals surface area contributed by atoms with E-state index in [-0.39, 0.29) is 30.3 Å². The Morgan fingerprint density at radius 2 is 1.89 bits per heavy atom. The largest absolute Gasteiger partial charge is 0.458 e. The number of aromatic nitrogens is 1. The average Bonchev–Trinajstić information content (AvgIpc) is 3.47. The van der Waals surface area contributed by atoms with Crippen LogP contribution in [-0.2, 0) is 19.1 Å².